The first-order valence-corrected chi connectivity index (χ1v) is 7.34. The SMILES string of the molecule is FC1(F)CC(Cc2noc(-c3ccc(Cn4cccn4)o3)n2)C1. The molecule has 0 aliphatic heterocycles. The zero-order valence-electron chi connectivity index (χ0n) is 12.2. The molecule has 1 saturated carbocycles. The highest BCUT2D eigenvalue weighted by Crippen LogP contribution is 2.43. The summed E-state index contributed by atoms with van der Waals surface area (Å²) in [7, 11) is 0. The van der Waals surface area contributed by atoms with Crippen molar-refractivity contribution in [1.29, 1.82) is 0 Å². The normalized spacial score (nSPS) is 17.3. The lowest BCUT2D eigenvalue weighted by molar-refractivity contribution is -0.110. The number of nitrogens with zero attached hydrogens (tertiary/aromatic N) is 4. The fraction of sp³-hybridized carbons (Fsp3) is 0.400. The quantitative estimate of drug-likeness (QED) is 0.722. The first-order valence-electron chi connectivity index (χ1n) is 7.34. The van der Waals surface area contributed by atoms with Crippen LogP contribution in [0.2, 0.25) is 0 Å². The van der Waals surface area contributed by atoms with Gasteiger partial charge < -0.3 is 8.94 Å². The van der Waals surface area contributed by atoms with Gasteiger partial charge in [-0.05, 0) is 24.1 Å². The summed E-state index contributed by atoms with van der Waals surface area (Å²) in [6.45, 7) is 0.505. The van der Waals surface area contributed by atoms with Crippen LogP contribution in [0, 0.1) is 5.92 Å². The largest absolute Gasteiger partial charge is 0.454 e. The maximum absolute atomic E-state index is 12.8. The number of hydrogen-bond acceptors (Lipinski definition) is 5. The summed E-state index contributed by atoms with van der Waals surface area (Å²) < 4.78 is 38.2. The predicted molar refractivity (Wildman–Crippen MR) is 74.7 cm³/mol. The molecule has 8 heteroatoms. The third-order valence-electron chi connectivity index (χ3n) is 3.86. The minimum Gasteiger partial charge on any atom is -0.454 e. The van der Waals surface area contributed by atoms with E-state index in [4.69, 9.17) is 8.94 Å². The van der Waals surface area contributed by atoms with Gasteiger partial charge >= 0.3 is 0 Å². The van der Waals surface area contributed by atoms with E-state index in [0.717, 1.165) is 0 Å². The zero-order chi connectivity index (χ0) is 15.9. The van der Waals surface area contributed by atoms with Gasteiger partial charge in [0.15, 0.2) is 11.6 Å². The second-order valence-corrected chi connectivity index (χ2v) is 5.82. The smallest absolute Gasteiger partial charge is 0.293 e. The van der Waals surface area contributed by atoms with Crippen molar-refractivity contribution in [2.75, 3.05) is 0 Å². The summed E-state index contributed by atoms with van der Waals surface area (Å²) in [5.74, 6) is -0.739. The molecule has 1 aliphatic rings. The van der Waals surface area contributed by atoms with Gasteiger partial charge in [-0.1, -0.05) is 5.16 Å². The van der Waals surface area contributed by atoms with Crippen molar-refractivity contribution in [3.63, 3.8) is 0 Å². The molecule has 4 rings (SSSR count). The maximum Gasteiger partial charge on any atom is 0.293 e. The van der Waals surface area contributed by atoms with Crippen molar-refractivity contribution in [3.8, 4) is 11.7 Å². The van der Waals surface area contributed by atoms with Gasteiger partial charge in [-0.25, -0.2) is 8.78 Å². The van der Waals surface area contributed by atoms with Crippen molar-refractivity contribution in [3.05, 3.63) is 42.2 Å². The average Bonchev–Trinajstić information content (AvgIpc) is 3.18. The highest BCUT2D eigenvalue weighted by Gasteiger charge is 2.45. The molecule has 6 nitrogen and oxygen atoms in total. The molecule has 0 unspecified atom stereocenters. The molecule has 0 bridgehead atoms. The van der Waals surface area contributed by atoms with Crippen LogP contribution in [0.3, 0.4) is 0 Å². The van der Waals surface area contributed by atoms with Gasteiger partial charge in [-0.15, -0.1) is 0 Å². The Labute approximate surface area is 130 Å². The number of furan rings is 1. The molecule has 3 heterocycles. The first kappa shape index (κ1) is 14.1. The Morgan fingerprint density at radius 1 is 1.30 bits per heavy atom. The Hall–Kier alpha value is -2.51. The van der Waals surface area contributed by atoms with E-state index in [1.165, 1.54) is 0 Å². The van der Waals surface area contributed by atoms with Gasteiger partial charge in [0, 0.05) is 31.7 Å². The number of halogens is 2. The van der Waals surface area contributed by atoms with Gasteiger partial charge in [0.05, 0.1) is 6.54 Å². The van der Waals surface area contributed by atoms with Crippen molar-refractivity contribution >= 4 is 0 Å². The molecule has 1 aliphatic carbocycles. The second-order valence-electron chi connectivity index (χ2n) is 5.82. The molecule has 0 amide bonds. The zero-order valence-corrected chi connectivity index (χ0v) is 12.2. The average molecular weight is 320 g/mol. The molecule has 3 aromatic rings. The fourth-order valence-electron chi connectivity index (χ4n) is 2.76. The van der Waals surface area contributed by atoms with E-state index in [-0.39, 0.29) is 24.7 Å². The molecular weight excluding hydrogens is 306 g/mol. The van der Waals surface area contributed by atoms with E-state index >= 15 is 0 Å². The van der Waals surface area contributed by atoms with E-state index < -0.39 is 5.92 Å². The molecule has 1 fully saturated rings. The fourth-order valence-corrected chi connectivity index (χ4v) is 2.76. The second kappa shape index (κ2) is 5.29. The number of aromatic nitrogens is 4. The lowest BCUT2D eigenvalue weighted by atomic mass is 9.79. The topological polar surface area (TPSA) is 69.9 Å². The van der Waals surface area contributed by atoms with Gasteiger partial charge in [0.25, 0.3) is 5.89 Å². The van der Waals surface area contributed by atoms with Crippen LogP contribution in [0.5, 0.6) is 0 Å². The summed E-state index contributed by atoms with van der Waals surface area (Å²) in [6.07, 6.45) is 3.72. The Kier molecular flexibility index (Phi) is 3.24. The maximum atomic E-state index is 12.8. The number of alkyl halides is 2. The lowest BCUT2D eigenvalue weighted by Crippen LogP contribution is -2.36. The summed E-state index contributed by atoms with van der Waals surface area (Å²) in [6, 6.07) is 5.39. The Morgan fingerprint density at radius 2 is 2.17 bits per heavy atom. The molecule has 0 saturated heterocycles. The first-order chi connectivity index (χ1) is 11.1. The minimum atomic E-state index is -2.53. The van der Waals surface area contributed by atoms with Crippen LogP contribution in [0.1, 0.15) is 24.4 Å². The summed E-state index contributed by atoms with van der Waals surface area (Å²) in [4.78, 5) is 4.22. The van der Waals surface area contributed by atoms with Crippen LogP contribution in [0.25, 0.3) is 11.7 Å². The summed E-state index contributed by atoms with van der Waals surface area (Å²) >= 11 is 0. The van der Waals surface area contributed by atoms with Crippen LogP contribution >= 0.6 is 0 Å². The van der Waals surface area contributed by atoms with E-state index in [9.17, 15) is 8.78 Å². The van der Waals surface area contributed by atoms with E-state index in [1.54, 1.807) is 16.9 Å². The van der Waals surface area contributed by atoms with Gasteiger partial charge in [0.1, 0.15) is 5.76 Å². The summed E-state index contributed by atoms with van der Waals surface area (Å²) in [5.41, 5.74) is 0. The number of hydrogen-bond donors (Lipinski definition) is 0. The van der Waals surface area contributed by atoms with Crippen LogP contribution in [-0.2, 0) is 13.0 Å². The monoisotopic (exact) mass is 320 g/mol. The van der Waals surface area contributed by atoms with Gasteiger partial charge in [0.2, 0.25) is 5.92 Å². The molecule has 0 spiro atoms. The van der Waals surface area contributed by atoms with Gasteiger partial charge in [-0.3, -0.25) is 4.68 Å². The van der Waals surface area contributed by atoms with Gasteiger partial charge in [-0.2, -0.15) is 10.1 Å². The minimum absolute atomic E-state index is 0.0811. The van der Waals surface area contributed by atoms with Crippen LogP contribution < -0.4 is 0 Å². The predicted octanol–water partition coefficient (Wildman–Crippen LogP) is 3.16. The molecule has 3 aromatic heterocycles. The molecule has 0 aromatic carbocycles. The molecular formula is C15H14F2N4O2. The van der Waals surface area contributed by atoms with Crippen molar-refractivity contribution in [2.24, 2.45) is 5.92 Å². The highest BCUT2D eigenvalue weighted by atomic mass is 19.3. The molecule has 0 radical (unpaired) electrons. The summed E-state index contributed by atoms with van der Waals surface area (Å²) in [5, 5.41) is 7.94. The van der Waals surface area contributed by atoms with Crippen LogP contribution in [-0.4, -0.2) is 25.8 Å². The molecule has 0 atom stereocenters. The van der Waals surface area contributed by atoms with E-state index in [0.29, 0.717) is 30.3 Å². The lowest BCUT2D eigenvalue weighted by Gasteiger charge is -2.34. The Morgan fingerprint density at radius 3 is 2.91 bits per heavy atom. The Bertz CT molecular complexity index is 786. The van der Waals surface area contributed by atoms with Crippen LogP contribution in [0.15, 0.2) is 39.5 Å². The number of rotatable bonds is 5. The molecule has 120 valence electrons. The molecule has 0 N–H and O–H groups in total. The van der Waals surface area contributed by atoms with E-state index in [2.05, 4.69) is 15.2 Å². The van der Waals surface area contributed by atoms with Crippen molar-refractivity contribution in [2.45, 2.75) is 31.7 Å². The third kappa shape index (κ3) is 3.01. The molecule has 23 heavy (non-hydrogen) atoms. The van der Waals surface area contributed by atoms with Crippen molar-refractivity contribution in [1.82, 2.24) is 19.9 Å². The standard InChI is InChI=1S/C15H14F2N4O2/c16-15(17)7-10(8-15)6-13-19-14(23-20-13)12-3-2-11(22-12)9-21-5-1-4-18-21/h1-5,10H,6-9H2. The van der Waals surface area contributed by atoms with E-state index in [1.807, 2.05) is 18.3 Å². The van der Waals surface area contributed by atoms with Crippen molar-refractivity contribution < 1.29 is 17.7 Å². The Balaban J connectivity index is 1.42. The van der Waals surface area contributed by atoms with Crippen LogP contribution in [0.4, 0.5) is 8.78 Å². The third-order valence-corrected chi connectivity index (χ3v) is 3.86. The highest BCUT2D eigenvalue weighted by molar-refractivity contribution is 5.44.